The Morgan fingerprint density at radius 2 is 1.60 bits per heavy atom. The molecule has 2 heterocycles. The zero-order chi connectivity index (χ0) is 32.3. The Morgan fingerprint density at radius 3 is 2.27 bits per heavy atom. The van der Waals surface area contributed by atoms with Gasteiger partial charge in [-0.25, -0.2) is 0 Å². The standard InChI is InChI=1S/C34H33F3N4O4/c1-21-5-6-23(15-22(21)7-8-24-19-38-33(43)28-18-31(45-4)30(44-3)17-27(24)28)32(42)39-26-10-9-25(29(16-26)34(35,36)37)20-41-13-11-40(2)12-14-41/h5-6,9-10,15-19H,11-14,20H2,1-4H3,(H,38,43)(H,39,42). The van der Waals surface area contributed by atoms with Crippen LogP contribution in [0.3, 0.4) is 0 Å². The van der Waals surface area contributed by atoms with Crippen molar-refractivity contribution in [3.8, 4) is 23.3 Å². The Bertz CT molecular complexity index is 1870. The summed E-state index contributed by atoms with van der Waals surface area (Å²) in [5, 5.41) is 3.54. The lowest BCUT2D eigenvalue weighted by atomic mass is 10.0. The normalized spacial score (nSPS) is 14.1. The van der Waals surface area contributed by atoms with E-state index in [9.17, 15) is 22.8 Å². The second kappa shape index (κ2) is 13.1. The number of alkyl halides is 3. The Hall–Kier alpha value is -4.79. The molecule has 5 rings (SSSR count). The van der Waals surface area contributed by atoms with Crippen LogP contribution in [0.15, 0.2) is 59.5 Å². The number of aryl methyl sites for hydroxylation is 1. The van der Waals surface area contributed by atoms with Crippen molar-refractivity contribution >= 4 is 22.4 Å². The summed E-state index contributed by atoms with van der Waals surface area (Å²) in [6, 6.07) is 12.1. The van der Waals surface area contributed by atoms with Crippen LogP contribution in [-0.2, 0) is 12.7 Å². The van der Waals surface area contributed by atoms with Crippen molar-refractivity contribution in [2.24, 2.45) is 0 Å². The first-order chi connectivity index (χ1) is 21.5. The summed E-state index contributed by atoms with van der Waals surface area (Å²) in [5.74, 6) is 6.41. The summed E-state index contributed by atoms with van der Waals surface area (Å²) in [7, 11) is 4.96. The van der Waals surface area contributed by atoms with Crippen LogP contribution < -0.4 is 20.3 Å². The van der Waals surface area contributed by atoms with E-state index >= 15 is 0 Å². The van der Waals surface area contributed by atoms with Gasteiger partial charge in [-0.3, -0.25) is 14.5 Å². The number of aromatic nitrogens is 1. The number of nitrogens with zero attached hydrogens (tertiary/aromatic N) is 2. The molecule has 4 aromatic rings. The second-order valence-corrected chi connectivity index (χ2v) is 11.0. The molecule has 234 valence electrons. The molecule has 0 spiro atoms. The third-order valence-electron chi connectivity index (χ3n) is 7.90. The number of rotatable bonds is 6. The van der Waals surface area contributed by atoms with Crippen LogP contribution in [-0.4, -0.2) is 68.1 Å². The molecule has 45 heavy (non-hydrogen) atoms. The number of ether oxygens (including phenoxy) is 2. The van der Waals surface area contributed by atoms with Crippen LogP contribution in [0, 0.1) is 18.8 Å². The predicted molar refractivity (Wildman–Crippen MR) is 167 cm³/mol. The molecule has 3 aromatic carbocycles. The number of amides is 1. The number of anilines is 1. The van der Waals surface area contributed by atoms with Gasteiger partial charge in [0, 0.05) is 66.7 Å². The number of hydrogen-bond acceptors (Lipinski definition) is 6. The lowest BCUT2D eigenvalue weighted by molar-refractivity contribution is -0.138. The van der Waals surface area contributed by atoms with Gasteiger partial charge in [-0.05, 0) is 61.5 Å². The molecule has 11 heteroatoms. The van der Waals surface area contributed by atoms with Crippen molar-refractivity contribution in [3.05, 3.63) is 98.5 Å². The van der Waals surface area contributed by atoms with Gasteiger partial charge in [-0.15, -0.1) is 0 Å². The number of nitrogens with one attached hydrogen (secondary N) is 2. The molecule has 0 atom stereocenters. The molecule has 0 bridgehead atoms. The second-order valence-electron chi connectivity index (χ2n) is 11.0. The number of piperazine rings is 1. The summed E-state index contributed by atoms with van der Waals surface area (Å²) in [4.78, 5) is 32.5. The minimum atomic E-state index is -4.57. The van der Waals surface area contributed by atoms with Crippen LogP contribution in [0.25, 0.3) is 10.8 Å². The van der Waals surface area contributed by atoms with E-state index in [1.807, 2.05) is 18.9 Å². The van der Waals surface area contributed by atoms with Gasteiger partial charge in [0.05, 0.1) is 25.2 Å². The highest BCUT2D eigenvalue weighted by molar-refractivity contribution is 6.04. The van der Waals surface area contributed by atoms with Crippen molar-refractivity contribution in [2.45, 2.75) is 19.6 Å². The molecule has 0 saturated carbocycles. The maximum absolute atomic E-state index is 14.0. The minimum absolute atomic E-state index is 0.0479. The highest BCUT2D eigenvalue weighted by Gasteiger charge is 2.34. The number of aromatic amines is 1. The zero-order valence-corrected chi connectivity index (χ0v) is 25.4. The molecular formula is C34H33F3N4O4. The summed E-state index contributed by atoms with van der Waals surface area (Å²) in [6.45, 7) is 4.98. The molecular weight excluding hydrogens is 585 g/mol. The van der Waals surface area contributed by atoms with E-state index < -0.39 is 17.6 Å². The monoisotopic (exact) mass is 618 g/mol. The molecule has 0 radical (unpaired) electrons. The number of carbonyl (C=O) groups is 1. The van der Waals surface area contributed by atoms with Crippen LogP contribution in [0.4, 0.5) is 18.9 Å². The molecule has 1 aliphatic heterocycles. The largest absolute Gasteiger partial charge is 0.493 e. The zero-order valence-electron chi connectivity index (χ0n) is 25.4. The van der Waals surface area contributed by atoms with E-state index in [1.165, 1.54) is 32.5 Å². The van der Waals surface area contributed by atoms with E-state index in [0.29, 0.717) is 46.5 Å². The van der Waals surface area contributed by atoms with Crippen molar-refractivity contribution in [1.29, 1.82) is 0 Å². The minimum Gasteiger partial charge on any atom is -0.493 e. The number of methoxy groups -OCH3 is 2. The number of halogens is 3. The van der Waals surface area contributed by atoms with E-state index in [2.05, 4.69) is 27.0 Å². The summed E-state index contributed by atoms with van der Waals surface area (Å²) < 4.78 is 52.8. The number of carbonyl (C=O) groups excluding carboxylic acids is 1. The predicted octanol–water partition coefficient (Wildman–Crippen LogP) is 5.27. The topological polar surface area (TPSA) is 86.9 Å². The molecule has 1 aromatic heterocycles. The van der Waals surface area contributed by atoms with Crippen LogP contribution in [0.5, 0.6) is 11.5 Å². The fraction of sp³-hybridized carbons (Fsp3) is 0.294. The third kappa shape index (κ3) is 7.14. The lowest BCUT2D eigenvalue weighted by Crippen LogP contribution is -2.44. The van der Waals surface area contributed by atoms with Crippen LogP contribution >= 0.6 is 0 Å². The lowest BCUT2D eigenvalue weighted by Gasteiger charge is -2.33. The van der Waals surface area contributed by atoms with E-state index in [4.69, 9.17) is 9.47 Å². The Morgan fingerprint density at radius 1 is 0.933 bits per heavy atom. The third-order valence-corrected chi connectivity index (χ3v) is 7.90. The molecule has 0 unspecified atom stereocenters. The molecule has 1 fully saturated rings. The highest BCUT2D eigenvalue weighted by Crippen LogP contribution is 2.35. The molecule has 1 saturated heterocycles. The van der Waals surface area contributed by atoms with Gasteiger partial charge in [-0.2, -0.15) is 13.2 Å². The first-order valence-electron chi connectivity index (χ1n) is 14.3. The fourth-order valence-electron chi connectivity index (χ4n) is 5.23. The van der Waals surface area contributed by atoms with Crippen molar-refractivity contribution < 1.29 is 27.4 Å². The molecule has 2 N–H and O–H groups in total. The molecule has 0 aliphatic carbocycles. The van der Waals surface area contributed by atoms with Gasteiger partial charge in [-0.1, -0.05) is 24.0 Å². The van der Waals surface area contributed by atoms with Crippen molar-refractivity contribution in [1.82, 2.24) is 14.8 Å². The van der Waals surface area contributed by atoms with Gasteiger partial charge < -0.3 is 24.7 Å². The Kier molecular flexibility index (Phi) is 9.18. The SMILES string of the molecule is COc1cc2c(C#Cc3cc(C(=O)Nc4ccc(CN5CCN(C)CC5)c(C(F)(F)F)c4)ccc3C)c[nH]c(=O)c2cc1OC. The van der Waals surface area contributed by atoms with Crippen molar-refractivity contribution in [2.75, 3.05) is 52.8 Å². The fourth-order valence-corrected chi connectivity index (χ4v) is 5.23. The van der Waals surface area contributed by atoms with E-state index in [0.717, 1.165) is 24.7 Å². The molecule has 1 amide bonds. The number of H-pyrrole nitrogens is 1. The van der Waals surface area contributed by atoms with E-state index in [1.54, 1.807) is 30.3 Å². The van der Waals surface area contributed by atoms with Crippen LogP contribution in [0.1, 0.15) is 38.2 Å². The molecule has 8 nitrogen and oxygen atoms in total. The van der Waals surface area contributed by atoms with Crippen molar-refractivity contribution in [3.63, 3.8) is 0 Å². The first kappa shape index (κ1) is 31.6. The molecule has 1 aliphatic rings. The van der Waals surface area contributed by atoms with E-state index in [-0.39, 0.29) is 28.9 Å². The smallest absolute Gasteiger partial charge is 0.416 e. The number of fused-ring (bicyclic) bond motifs is 1. The first-order valence-corrected chi connectivity index (χ1v) is 14.3. The number of likely N-dealkylation sites (N-methyl/N-ethyl adjacent to an activating group) is 1. The van der Waals surface area contributed by atoms with Gasteiger partial charge in [0.15, 0.2) is 11.5 Å². The number of benzene rings is 3. The Balaban J connectivity index is 1.40. The number of hydrogen-bond donors (Lipinski definition) is 2. The van der Waals surface area contributed by atoms with Gasteiger partial charge >= 0.3 is 6.18 Å². The quantitative estimate of drug-likeness (QED) is 0.287. The Labute approximate surface area is 258 Å². The average Bonchev–Trinajstić information content (AvgIpc) is 3.02. The van der Waals surface area contributed by atoms with Crippen LogP contribution in [0.2, 0.25) is 0 Å². The maximum atomic E-state index is 14.0. The van der Waals surface area contributed by atoms with Gasteiger partial charge in [0.2, 0.25) is 0 Å². The average molecular weight is 619 g/mol. The number of pyridine rings is 1. The van der Waals surface area contributed by atoms with Gasteiger partial charge in [0.1, 0.15) is 0 Å². The maximum Gasteiger partial charge on any atom is 0.416 e. The highest BCUT2D eigenvalue weighted by atomic mass is 19.4. The summed E-state index contributed by atoms with van der Waals surface area (Å²) in [5.41, 5.74) is 1.23. The summed E-state index contributed by atoms with van der Waals surface area (Å²) in [6.07, 6.45) is -3.07. The van der Waals surface area contributed by atoms with Gasteiger partial charge in [0.25, 0.3) is 11.5 Å². The summed E-state index contributed by atoms with van der Waals surface area (Å²) >= 11 is 0.